The minimum atomic E-state index is -0.429. The number of nitrogens with zero attached hydrogens (tertiary/aromatic N) is 5. The van der Waals surface area contributed by atoms with Crippen molar-refractivity contribution in [3.05, 3.63) is 51.7 Å². The fraction of sp³-hybridized carbons (Fsp3) is 0.526. The van der Waals surface area contributed by atoms with Crippen LogP contribution < -0.4 is 5.56 Å². The molecule has 2 aromatic rings. The number of pyridine rings is 1. The number of carbonyl (C=O) groups excluding carboxylic acids is 1. The second kappa shape index (κ2) is 7.13. The molecule has 0 aliphatic carbocycles. The molecule has 2 aromatic heterocycles. The Balaban J connectivity index is 1.61. The van der Waals surface area contributed by atoms with Gasteiger partial charge >= 0.3 is 0 Å². The molecule has 0 unspecified atom stereocenters. The summed E-state index contributed by atoms with van der Waals surface area (Å²) in [6, 6.07) is 4.92. The van der Waals surface area contributed by atoms with Gasteiger partial charge in [-0.2, -0.15) is 5.10 Å². The van der Waals surface area contributed by atoms with Gasteiger partial charge in [0.15, 0.2) is 0 Å². The predicted molar refractivity (Wildman–Crippen MR) is 103 cm³/mol. The first kappa shape index (κ1) is 18.3. The first-order valence-electron chi connectivity index (χ1n) is 9.27. The number of fused-ring (bicyclic) bond motifs is 4. The molecular weight excluding hydrogens is 366 g/mol. The molecule has 0 saturated carbocycles. The maximum Gasteiger partial charge on any atom is 0.251 e. The summed E-state index contributed by atoms with van der Waals surface area (Å²) in [4.78, 5) is 29.5. The van der Waals surface area contributed by atoms with E-state index in [9.17, 15) is 9.59 Å². The largest absolute Gasteiger partial charge is 0.347 e. The van der Waals surface area contributed by atoms with Crippen molar-refractivity contribution in [2.75, 3.05) is 33.7 Å². The first-order chi connectivity index (χ1) is 12.9. The molecule has 27 heavy (non-hydrogen) atoms. The molecule has 2 aliphatic rings. The van der Waals surface area contributed by atoms with Gasteiger partial charge in [-0.3, -0.25) is 18.8 Å². The zero-order valence-electron chi connectivity index (χ0n) is 15.6. The second-order valence-electron chi connectivity index (χ2n) is 7.71. The van der Waals surface area contributed by atoms with Crippen molar-refractivity contribution < 1.29 is 4.79 Å². The molecule has 0 N–H and O–H groups in total. The van der Waals surface area contributed by atoms with Crippen molar-refractivity contribution >= 4 is 17.5 Å². The zero-order valence-corrected chi connectivity index (χ0v) is 16.3. The van der Waals surface area contributed by atoms with Crippen LogP contribution in [0.4, 0.5) is 0 Å². The van der Waals surface area contributed by atoms with E-state index in [1.54, 1.807) is 41.9 Å². The number of halogens is 1. The Labute approximate surface area is 163 Å². The lowest BCUT2D eigenvalue weighted by Gasteiger charge is -2.46. The lowest BCUT2D eigenvalue weighted by atomic mass is 9.78. The number of likely N-dealkylation sites (N-methyl/N-ethyl adjacent to an activating group) is 1. The Kier molecular flexibility index (Phi) is 4.82. The lowest BCUT2D eigenvalue weighted by Crippen LogP contribution is -2.53. The Morgan fingerprint density at radius 3 is 2.81 bits per heavy atom. The summed E-state index contributed by atoms with van der Waals surface area (Å²) in [7, 11) is 3.51. The number of likely N-dealkylation sites (tertiary alicyclic amines) is 1. The zero-order chi connectivity index (χ0) is 19.1. The molecule has 0 spiro atoms. The highest BCUT2D eigenvalue weighted by Gasteiger charge is 2.43. The Hall–Kier alpha value is -2.12. The van der Waals surface area contributed by atoms with E-state index in [0.29, 0.717) is 5.02 Å². The average molecular weight is 390 g/mol. The highest BCUT2D eigenvalue weighted by Crippen LogP contribution is 2.41. The molecule has 1 saturated heterocycles. The van der Waals surface area contributed by atoms with E-state index in [1.165, 1.54) is 0 Å². The van der Waals surface area contributed by atoms with Crippen LogP contribution in [-0.2, 0) is 11.3 Å². The summed E-state index contributed by atoms with van der Waals surface area (Å²) in [6.45, 7) is 3.28. The van der Waals surface area contributed by atoms with E-state index in [1.807, 2.05) is 16.9 Å². The van der Waals surface area contributed by atoms with Crippen LogP contribution in [0.1, 0.15) is 24.1 Å². The summed E-state index contributed by atoms with van der Waals surface area (Å²) >= 11 is 5.94. The molecule has 1 fully saturated rings. The van der Waals surface area contributed by atoms with Crippen LogP contribution in [-0.4, -0.2) is 63.8 Å². The molecule has 0 radical (unpaired) electrons. The van der Waals surface area contributed by atoms with E-state index in [-0.39, 0.29) is 23.3 Å². The first-order valence-corrected chi connectivity index (χ1v) is 9.64. The maximum atomic E-state index is 12.9. The quantitative estimate of drug-likeness (QED) is 0.794. The molecular formula is C19H24ClN5O2. The van der Waals surface area contributed by atoms with Crippen LogP contribution in [0.25, 0.3) is 0 Å². The summed E-state index contributed by atoms with van der Waals surface area (Å²) in [5.41, 5.74) is 0.896. The highest BCUT2D eigenvalue weighted by molar-refractivity contribution is 6.30. The van der Waals surface area contributed by atoms with Gasteiger partial charge in [-0.1, -0.05) is 17.7 Å². The maximum absolute atomic E-state index is 12.9. The van der Waals surface area contributed by atoms with Crippen molar-refractivity contribution in [1.82, 2.24) is 24.1 Å². The topological polar surface area (TPSA) is 63.4 Å². The third kappa shape index (κ3) is 3.41. The molecule has 2 bridgehead atoms. The van der Waals surface area contributed by atoms with Crippen LogP contribution in [0.15, 0.2) is 35.4 Å². The number of rotatable bonds is 4. The van der Waals surface area contributed by atoms with E-state index in [2.05, 4.69) is 10.00 Å². The second-order valence-corrected chi connectivity index (χ2v) is 8.15. The van der Waals surface area contributed by atoms with Gasteiger partial charge in [-0.25, -0.2) is 0 Å². The predicted octanol–water partition coefficient (Wildman–Crippen LogP) is 1.45. The van der Waals surface area contributed by atoms with Gasteiger partial charge < -0.3 is 9.80 Å². The standard InChI is InChI=1S/C19H24ClN5O2/c1-22(2)19(27)18-14-8-13(16-4-3-5-17(26)25(16)18)10-23(11-14)6-7-24-12-15(20)9-21-24/h3-5,9,12-14,18H,6-8,10-11H2,1-2H3/t13-,14+,18-/m1/s1. The summed E-state index contributed by atoms with van der Waals surface area (Å²) in [5, 5.41) is 4.87. The van der Waals surface area contributed by atoms with Crippen LogP contribution >= 0.6 is 11.6 Å². The molecule has 8 heteroatoms. The molecule has 1 amide bonds. The van der Waals surface area contributed by atoms with E-state index < -0.39 is 6.04 Å². The van der Waals surface area contributed by atoms with Gasteiger partial charge in [0.2, 0.25) is 5.91 Å². The average Bonchev–Trinajstić information content (AvgIpc) is 3.06. The number of amides is 1. The highest BCUT2D eigenvalue weighted by atomic mass is 35.5. The van der Waals surface area contributed by atoms with Gasteiger partial charge in [0, 0.05) is 63.5 Å². The number of aromatic nitrogens is 3. The van der Waals surface area contributed by atoms with Gasteiger partial charge in [0.05, 0.1) is 17.8 Å². The Morgan fingerprint density at radius 2 is 2.11 bits per heavy atom. The fourth-order valence-electron chi connectivity index (χ4n) is 4.50. The number of hydrogen-bond donors (Lipinski definition) is 0. The number of carbonyl (C=O) groups is 1. The van der Waals surface area contributed by atoms with Crippen LogP contribution in [0.3, 0.4) is 0 Å². The minimum absolute atomic E-state index is 0.00583. The molecule has 144 valence electrons. The molecule has 2 aliphatic heterocycles. The molecule has 7 nitrogen and oxygen atoms in total. The van der Waals surface area contributed by atoms with E-state index >= 15 is 0 Å². The molecule has 4 heterocycles. The third-order valence-electron chi connectivity index (χ3n) is 5.66. The van der Waals surface area contributed by atoms with Crippen LogP contribution in [0.2, 0.25) is 5.02 Å². The third-order valence-corrected chi connectivity index (χ3v) is 5.86. The SMILES string of the molecule is CN(C)C(=O)[C@H]1[C@H]2C[C@H](CN(CCn3cc(Cl)cn3)C2)c2cccc(=O)n21. The Morgan fingerprint density at radius 1 is 1.30 bits per heavy atom. The van der Waals surface area contributed by atoms with Gasteiger partial charge in [0.1, 0.15) is 6.04 Å². The molecule has 4 rings (SSSR count). The molecule has 0 aromatic carbocycles. The van der Waals surface area contributed by atoms with Gasteiger partial charge in [-0.05, 0) is 12.5 Å². The smallest absolute Gasteiger partial charge is 0.251 e. The normalized spacial score (nSPS) is 24.5. The van der Waals surface area contributed by atoms with Crippen molar-refractivity contribution in [3.8, 4) is 0 Å². The fourth-order valence-corrected chi connectivity index (χ4v) is 4.65. The van der Waals surface area contributed by atoms with E-state index in [0.717, 1.165) is 38.3 Å². The van der Waals surface area contributed by atoms with Crippen molar-refractivity contribution in [2.24, 2.45) is 5.92 Å². The van der Waals surface area contributed by atoms with Crippen molar-refractivity contribution in [1.29, 1.82) is 0 Å². The summed E-state index contributed by atoms with van der Waals surface area (Å²) < 4.78 is 3.58. The monoisotopic (exact) mass is 389 g/mol. The van der Waals surface area contributed by atoms with Crippen molar-refractivity contribution in [2.45, 2.75) is 24.9 Å². The summed E-state index contributed by atoms with van der Waals surface area (Å²) in [6.07, 6.45) is 4.40. The van der Waals surface area contributed by atoms with Gasteiger partial charge in [0.25, 0.3) is 5.56 Å². The van der Waals surface area contributed by atoms with Gasteiger partial charge in [-0.15, -0.1) is 0 Å². The Bertz CT molecular complexity index is 906. The van der Waals surface area contributed by atoms with Crippen molar-refractivity contribution in [3.63, 3.8) is 0 Å². The minimum Gasteiger partial charge on any atom is -0.347 e. The number of piperidine rings is 1. The molecule has 3 atom stereocenters. The van der Waals surface area contributed by atoms with Crippen LogP contribution in [0, 0.1) is 5.92 Å². The number of hydrogen-bond acceptors (Lipinski definition) is 4. The lowest BCUT2D eigenvalue weighted by molar-refractivity contribution is -0.135. The van der Waals surface area contributed by atoms with E-state index in [4.69, 9.17) is 11.6 Å². The summed E-state index contributed by atoms with van der Waals surface area (Å²) in [5.74, 6) is 0.395. The van der Waals surface area contributed by atoms with Crippen LogP contribution in [0.5, 0.6) is 0 Å².